The number of rotatable bonds is 5. The summed E-state index contributed by atoms with van der Waals surface area (Å²) in [5, 5.41) is 5.75. The summed E-state index contributed by atoms with van der Waals surface area (Å²) in [6.45, 7) is 2.85. The quantitative estimate of drug-likeness (QED) is 0.449. The summed E-state index contributed by atoms with van der Waals surface area (Å²) in [6.07, 6.45) is 9.12. The van der Waals surface area contributed by atoms with Gasteiger partial charge in [0.25, 0.3) is 0 Å². The van der Waals surface area contributed by atoms with Gasteiger partial charge in [-0.2, -0.15) is 0 Å². The molecule has 2 atom stereocenters. The minimum atomic E-state index is 0.302. The van der Waals surface area contributed by atoms with E-state index in [1.165, 1.54) is 17.2 Å². The molecule has 1 unspecified atom stereocenters. The summed E-state index contributed by atoms with van der Waals surface area (Å²) >= 11 is 0. The second-order valence-corrected chi connectivity index (χ2v) is 9.52. The highest BCUT2D eigenvalue weighted by Crippen LogP contribution is 2.31. The van der Waals surface area contributed by atoms with Crippen LogP contribution in [0.5, 0.6) is 0 Å². The zero-order valence-electron chi connectivity index (χ0n) is 19.4. The van der Waals surface area contributed by atoms with Crippen molar-refractivity contribution in [2.75, 3.05) is 32.0 Å². The minimum absolute atomic E-state index is 0.302. The predicted molar refractivity (Wildman–Crippen MR) is 137 cm³/mol. The van der Waals surface area contributed by atoms with Gasteiger partial charge in [0, 0.05) is 36.1 Å². The Bertz CT molecular complexity index is 1300. The summed E-state index contributed by atoms with van der Waals surface area (Å²) in [6, 6.07) is 13.7. The number of H-pyrrole nitrogens is 1. The van der Waals surface area contributed by atoms with Gasteiger partial charge in [0.05, 0.1) is 17.9 Å². The van der Waals surface area contributed by atoms with Crippen LogP contribution in [0, 0.1) is 0 Å². The zero-order valence-corrected chi connectivity index (χ0v) is 19.4. The van der Waals surface area contributed by atoms with E-state index in [1.807, 2.05) is 23.4 Å². The molecule has 0 saturated carbocycles. The first-order chi connectivity index (χ1) is 16.6. The van der Waals surface area contributed by atoms with Crippen molar-refractivity contribution in [3.05, 3.63) is 60.8 Å². The number of hydrogen-bond donors (Lipinski definition) is 2. The molecule has 2 radical (unpaired) electrons. The predicted octanol–water partition coefficient (Wildman–Crippen LogP) is 4.02. The lowest BCUT2D eigenvalue weighted by atomic mass is 10.0. The lowest BCUT2D eigenvalue weighted by Crippen LogP contribution is -2.25. The Kier molecular flexibility index (Phi) is 5.55. The van der Waals surface area contributed by atoms with Crippen molar-refractivity contribution >= 4 is 24.7 Å². The molecule has 2 aliphatic rings. The van der Waals surface area contributed by atoms with Crippen molar-refractivity contribution < 1.29 is 0 Å². The average molecular weight is 449 g/mol. The van der Waals surface area contributed by atoms with E-state index in [2.05, 4.69) is 73.6 Å². The van der Waals surface area contributed by atoms with Crippen molar-refractivity contribution in [2.45, 2.75) is 31.3 Å². The van der Waals surface area contributed by atoms with Gasteiger partial charge in [-0.05, 0) is 67.9 Å². The van der Waals surface area contributed by atoms with E-state index >= 15 is 0 Å². The molecule has 34 heavy (non-hydrogen) atoms. The van der Waals surface area contributed by atoms with Crippen molar-refractivity contribution in [2.24, 2.45) is 0 Å². The van der Waals surface area contributed by atoms with Crippen LogP contribution in [0.15, 0.2) is 55.0 Å². The van der Waals surface area contributed by atoms with E-state index in [1.54, 1.807) is 0 Å². The molecule has 2 aromatic heterocycles. The zero-order chi connectivity index (χ0) is 23.1. The molecule has 4 heterocycles. The molecule has 2 N–H and O–H groups in total. The van der Waals surface area contributed by atoms with E-state index < -0.39 is 0 Å². The molecule has 2 aromatic carbocycles. The van der Waals surface area contributed by atoms with Gasteiger partial charge in [0.2, 0.25) is 5.95 Å². The van der Waals surface area contributed by atoms with Crippen LogP contribution in [0.3, 0.4) is 0 Å². The first-order valence-electron chi connectivity index (χ1n) is 12.0. The topological polar surface area (TPSA) is 73.0 Å². The largest absolute Gasteiger partial charge is 0.352 e. The normalized spacial score (nSPS) is 21.4. The Morgan fingerprint density at radius 1 is 0.912 bits per heavy atom. The van der Waals surface area contributed by atoms with Gasteiger partial charge >= 0.3 is 0 Å². The highest BCUT2D eigenvalue weighted by atomic mass is 15.2. The maximum atomic E-state index is 5.84. The third kappa shape index (κ3) is 4.19. The molecule has 0 amide bonds. The summed E-state index contributed by atoms with van der Waals surface area (Å²) < 4.78 is 0. The van der Waals surface area contributed by atoms with Gasteiger partial charge in [0.1, 0.15) is 5.82 Å². The van der Waals surface area contributed by atoms with Crippen molar-refractivity contribution in [3.8, 4) is 22.4 Å². The summed E-state index contributed by atoms with van der Waals surface area (Å²) in [5.41, 5.74) is 4.33. The van der Waals surface area contributed by atoms with E-state index in [4.69, 9.17) is 7.98 Å². The standard InChI is InChI=1S/C26H28BN7/c1-33-9-2-3-24(33)25-28-15-23(32-25)20-7-6-17-11-19(5-4-18(17)12-20)21-13-29-26(30-14-21)31-22-8-10-34(27)16-22/h4-7,11-15,22,24H,2-3,8-10,16H2,1H3,(H,28,32)(H,29,30,31)/t22?,24-/m0/s1. The van der Waals surface area contributed by atoms with Crippen molar-refractivity contribution in [1.29, 1.82) is 0 Å². The number of hydrogen-bond acceptors (Lipinski definition) is 6. The van der Waals surface area contributed by atoms with Crippen LogP contribution in [-0.4, -0.2) is 70.4 Å². The number of fused-ring (bicyclic) bond motifs is 1. The SMILES string of the molecule is [B]N1CCC(Nc2ncc(-c3ccc4cc(-c5cnc([C@@H]6CCCN6C)[nH]5)ccc4c3)cn2)C1. The maximum Gasteiger partial charge on any atom is 0.222 e. The van der Waals surface area contributed by atoms with Crippen molar-refractivity contribution in [1.82, 2.24) is 29.6 Å². The number of likely N-dealkylation sites (tertiary alicyclic amines) is 1. The Morgan fingerprint density at radius 3 is 2.38 bits per heavy atom. The molecule has 170 valence electrons. The van der Waals surface area contributed by atoms with Gasteiger partial charge in [0.15, 0.2) is 7.98 Å². The van der Waals surface area contributed by atoms with Crippen LogP contribution in [0.4, 0.5) is 5.95 Å². The Balaban J connectivity index is 1.20. The van der Waals surface area contributed by atoms with E-state index in [-0.39, 0.29) is 0 Å². The van der Waals surface area contributed by atoms with Crippen LogP contribution in [0.25, 0.3) is 33.2 Å². The lowest BCUT2D eigenvalue weighted by molar-refractivity contribution is 0.307. The van der Waals surface area contributed by atoms with Crippen LogP contribution >= 0.6 is 0 Å². The molecular formula is C26H28BN7. The van der Waals surface area contributed by atoms with E-state index in [0.717, 1.165) is 60.7 Å². The van der Waals surface area contributed by atoms with Gasteiger partial charge < -0.3 is 15.1 Å². The number of nitrogens with one attached hydrogen (secondary N) is 2. The number of benzene rings is 2. The molecule has 0 bridgehead atoms. The molecular weight excluding hydrogens is 421 g/mol. The maximum absolute atomic E-state index is 5.84. The number of anilines is 1. The molecule has 7 nitrogen and oxygen atoms in total. The molecule has 2 fully saturated rings. The molecule has 8 heteroatoms. The Morgan fingerprint density at radius 2 is 1.68 bits per heavy atom. The van der Waals surface area contributed by atoms with E-state index in [0.29, 0.717) is 18.0 Å². The van der Waals surface area contributed by atoms with E-state index in [9.17, 15) is 0 Å². The van der Waals surface area contributed by atoms with Crippen molar-refractivity contribution in [3.63, 3.8) is 0 Å². The van der Waals surface area contributed by atoms with Gasteiger partial charge in [-0.25, -0.2) is 15.0 Å². The molecule has 4 aromatic rings. The first kappa shape index (κ1) is 21.3. The van der Waals surface area contributed by atoms with Gasteiger partial charge in [-0.15, -0.1) is 0 Å². The Labute approximate surface area is 201 Å². The smallest absolute Gasteiger partial charge is 0.222 e. The fraction of sp³-hybridized carbons (Fsp3) is 0.346. The second kappa shape index (κ2) is 8.85. The summed E-state index contributed by atoms with van der Waals surface area (Å²) in [4.78, 5) is 21.5. The second-order valence-electron chi connectivity index (χ2n) is 9.52. The number of aromatic amines is 1. The third-order valence-corrected chi connectivity index (χ3v) is 7.12. The highest BCUT2D eigenvalue weighted by Gasteiger charge is 2.25. The highest BCUT2D eigenvalue weighted by molar-refractivity contribution is 6.04. The average Bonchev–Trinajstić information content (AvgIpc) is 3.60. The monoisotopic (exact) mass is 449 g/mol. The van der Waals surface area contributed by atoms with Crippen LogP contribution in [-0.2, 0) is 0 Å². The van der Waals surface area contributed by atoms with Gasteiger partial charge in [-0.1, -0.05) is 24.3 Å². The van der Waals surface area contributed by atoms with Crippen LogP contribution in [0.1, 0.15) is 31.1 Å². The fourth-order valence-electron chi connectivity index (χ4n) is 5.14. The summed E-state index contributed by atoms with van der Waals surface area (Å²) in [5.74, 6) is 1.72. The fourth-order valence-corrected chi connectivity index (χ4v) is 5.14. The summed E-state index contributed by atoms with van der Waals surface area (Å²) in [7, 11) is 8.02. The molecule has 2 saturated heterocycles. The molecule has 0 aliphatic carbocycles. The number of nitrogens with zero attached hydrogens (tertiary/aromatic N) is 5. The molecule has 6 rings (SSSR count). The van der Waals surface area contributed by atoms with Crippen LogP contribution in [0.2, 0.25) is 0 Å². The molecule has 2 aliphatic heterocycles. The molecule has 0 spiro atoms. The third-order valence-electron chi connectivity index (χ3n) is 7.12. The lowest BCUT2D eigenvalue weighted by Gasteiger charge is -2.16. The Hall–Kier alpha value is -3.23. The number of imidazole rings is 1. The van der Waals surface area contributed by atoms with Crippen LogP contribution < -0.4 is 5.32 Å². The van der Waals surface area contributed by atoms with Gasteiger partial charge in [-0.3, -0.25) is 4.90 Å². The minimum Gasteiger partial charge on any atom is -0.352 e. The number of aromatic nitrogens is 4. The first-order valence-corrected chi connectivity index (χ1v) is 12.0.